The van der Waals surface area contributed by atoms with Crippen LogP contribution in [0.25, 0.3) is 10.1 Å². The largest absolute Gasteiger partial charge is 0.464 e. The molecule has 0 bridgehead atoms. The minimum atomic E-state index is -0.0105. The first-order chi connectivity index (χ1) is 8.19. The number of rotatable bonds is 1. The second kappa shape index (κ2) is 3.12. The van der Waals surface area contributed by atoms with Crippen molar-refractivity contribution in [1.82, 2.24) is 0 Å². The van der Waals surface area contributed by atoms with Crippen LogP contribution in [-0.2, 0) is 14.9 Å². The molecule has 2 aromatic rings. The lowest BCUT2D eigenvalue weighted by molar-refractivity contribution is -0.140. The molecular formula is C13H9BrO2S. The van der Waals surface area contributed by atoms with Crippen LogP contribution in [0.5, 0.6) is 0 Å². The second-order valence-electron chi connectivity index (χ2n) is 4.81. The SMILES string of the molecule is O=C1OCC2(c3cc4cc(Br)ccc4s3)CC12. The minimum Gasteiger partial charge on any atom is -0.464 e. The number of fused-ring (bicyclic) bond motifs is 2. The lowest BCUT2D eigenvalue weighted by Crippen LogP contribution is -2.08. The molecule has 2 heterocycles. The first-order valence-corrected chi connectivity index (χ1v) is 7.16. The Labute approximate surface area is 111 Å². The van der Waals surface area contributed by atoms with Crippen LogP contribution in [0.3, 0.4) is 0 Å². The maximum Gasteiger partial charge on any atom is 0.310 e. The molecule has 0 N–H and O–H groups in total. The predicted molar refractivity (Wildman–Crippen MR) is 70.3 cm³/mol. The number of halogens is 1. The summed E-state index contributed by atoms with van der Waals surface area (Å²) >= 11 is 5.28. The molecule has 1 aliphatic carbocycles. The number of esters is 1. The van der Waals surface area contributed by atoms with Gasteiger partial charge < -0.3 is 4.74 Å². The van der Waals surface area contributed by atoms with Crippen molar-refractivity contribution in [3.63, 3.8) is 0 Å². The summed E-state index contributed by atoms with van der Waals surface area (Å²) in [4.78, 5) is 12.7. The molecule has 1 saturated carbocycles. The Kier molecular flexibility index (Phi) is 1.85. The highest BCUT2D eigenvalue weighted by molar-refractivity contribution is 9.10. The summed E-state index contributed by atoms with van der Waals surface area (Å²) in [5.41, 5.74) is 0.0211. The number of hydrogen-bond acceptors (Lipinski definition) is 3. The first-order valence-electron chi connectivity index (χ1n) is 5.55. The van der Waals surface area contributed by atoms with E-state index in [0.717, 1.165) is 10.9 Å². The van der Waals surface area contributed by atoms with Gasteiger partial charge in [-0.3, -0.25) is 4.79 Å². The van der Waals surface area contributed by atoms with E-state index in [9.17, 15) is 4.79 Å². The van der Waals surface area contributed by atoms with E-state index >= 15 is 0 Å². The highest BCUT2D eigenvalue weighted by Crippen LogP contribution is 2.60. The molecule has 0 amide bonds. The van der Waals surface area contributed by atoms with E-state index in [1.165, 1.54) is 15.0 Å². The van der Waals surface area contributed by atoms with Gasteiger partial charge >= 0.3 is 5.97 Å². The van der Waals surface area contributed by atoms with Crippen LogP contribution < -0.4 is 0 Å². The van der Waals surface area contributed by atoms with E-state index in [4.69, 9.17) is 4.74 Å². The zero-order chi connectivity index (χ0) is 11.6. The zero-order valence-corrected chi connectivity index (χ0v) is 11.3. The van der Waals surface area contributed by atoms with Crippen LogP contribution in [0.15, 0.2) is 28.7 Å². The van der Waals surface area contributed by atoms with Crippen molar-refractivity contribution in [2.24, 2.45) is 5.92 Å². The quantitative estimate of drug-likeness (QED) is 0.754. The molecule has 2 atom stereocenters. The monoisotopic (exact) mass is 308 g/mol. The van der Waals surface area contributed by atoms with Crippen LogP contribution in [-0.4, -0.2) is 12.6 Å². The van der Waals surface area contributed by atoms with Gasteiger partial charge in [0, 0.05) is 14.0 Å². The Hall–Kier alpha value is -0.870. The minimum absolute atomic E-state index is 0.0105. The van der Waals surface area contributed by atoms with Crippen LogP contribution in [0.2, 0.25) is 0 Å². The van der Waals surface area contributed by atoms with Crippen molar-refractivity contribution < 1.29 is 9.53 Å². The van der Waals surface area contributed by atoms with E-state index in [1.54, 1.807) is 11.3 Å². The molecule has 2 aliphatic rings. The first kappa shape index (κ1) is 10.1. The fraction of sp³-hybridized carbons (Fsp3) is 0.308. The molecule has 1 saturated heterocycles. The highest BCUT2D eigenvalue weighted by Gasteiger charge is 2.66. The molecule has 1 aliphatic heterocycles. The molecule has 1 aromatic carbocycles. The van der Waals surface area contributed by atoms with E-state index in [1.807, 2.05) is 0 Å². The number of carbonyl (C=O) groups is 1. The van der Waals surface area contributed by atoms with Crippen LogP contribution in [0.1, 0.15) is 11.3 Å². The van der Waals surface area contributed by atoms with Gasteiger partial charge in [0.05, 0.1) is 11.3 Å². The zero-order valence-electron chi connectivity index (χ0n) is 8.90. The number of hydrogen-bond donors (Lipinski definition) is 0. The number of cyclic esters (lactones) is 1. The third kappa shape index (κ3) is 1.28. The number of benzene rings is 1. The predicted octanol–water partition coefficient (Wildman–Crippen LogP) is 3.48. The van der Waals surface area contributed by atoms with E-state index in [2.05, 4.69) is 40.2 Å². The number of thiophene rings is 1. The van der Waals surface area contributed by atoms with Crippen LogP contribution in [0.4, 0.5) is 0 Å². The van der Waals surface area contributed by atoms with E-state index in [-0.39, 0.29) is 17.3 Å². The van der Waals surface area contributed by atoms with Gasteiger partial charge in [-0.25, -0.2) is 0 Å². The summed E-state index contributed by atoms with van der Waals surface area (Å²) in [6.45, 7) is 0.574. The molecule has 2 nitrogen and oxygen atoms in total. The van der Waals surface area contributed by atoms with Crippen molar-refractivity contribution in [2.45, 2.75) is 11.8 Å². The van der Waals surface area contributed by atoms with Crippen molar-refractivity contribution in [3.05, 3.63) is 33.6 Å². The molecule has 0 radical (unpaired) electrons. The molecule has 86 valence electrons. The average Bonchev–Trinajstić information content (AvgIpc) is 2.76. The number of carbonyl (C=O) groups excluding carboxylic acids is 1. The smallest absolute Gasteiger partial charge is 0.310 e. The fourth-order valence-corrected chi connectivity index (χ4v) is 4.34. The van der Waals surface area contributed by atoms with Crippen LogP contribution in [0, 0.1) is 5.92 Å². The normalized spacial score (nSPS) is 30.4. The third-order valence-electron chi connectivity index (χ3n) is 3.80. The fourth-order valence-electron chi connectivity index (χ4n) is 2.68. The van der Waals surface area contributed by atoms with Crippen molar-refractivity contribution in [2.75, 3.05) is 6.61 Å². The summed E-state index contributed by atoms with van der Waals surface area (Å²) in [6, 6.07) is 8.52. The van der Waals surface area contributed by atoms with Crippen LogP contribution >= 0.6 is 27.3 Å². The highest BCUT2D eigenvalue weighted by atomic mass is 79.9. The standard InChI is InChI=1S/C13H9BrO2S/c14-8-1-2-10-7(3-8)4-11(17-10)13-5-9(13)12(15)16-6-13/h1-4,9H,5-6H2. The molecule has 2 unspecified atom stereocenters. The van der Waals surface area contributed by atoms with E-state index < -0.39 is 0 Å². The van der Waals surface area contributed by atoms with Gasteiger partial charge in [-0.15, -0.1) is 11.3 Å². The van der Waals surface area contributed by atoms with Crippen molar-refractivity contribution in [3.8, 4) is 0 Å². The number of ether oxygens (including phenoxy) is 1. The Morgan fingerprint density at radius 2 is 2.29 bits per heavy atom. The average molecular weight is 309 g/mol. The summed E-state index contributed by atoms with van der Waals surface area (Å²) in [7, 11) is 0. The van der Waals surface area contributed by atoms with E-state index in [0.29, 0.717) is 6.61 Å². The van der Waals surface area contributed by atoms with Gasteiger partial charge in [0.2, 0.25) is 0 Å². The van der Waals surface area contributed by atoms with Crippen molar-refractivity contribution >= 4 is 43.3 Å². The Balaban J connectivity index is 1.85. The van der Waals surface area contributed by atoms with Gasteiger partial charge in [-0.05, 0) is 36.1 Å². The van der Waals surface area contributed by atoms with Crippen molar-refractivity contribution in [1.29, 1.82) is 0 Å². The van der Waals surface area contributed by atoms with Gasteiger partial charge in [0.25, 0.3) is 0 Å². The summed E-state index contributed by atoms with van der Waals surface area (Å²) in [5.74, 6) is 0.114. The van der Waals surface area contributed by atoms with Gasteiger partial charge in [0.1, 0.15) is 6.61 Å². The van der Waals surface area contributed by atoms with Gasteiger partial charge in [-0.1, -0.05) is 15.9 Å². The maximum absolute atomic E-state index is 11.4. The Morgan fingerprint density at radius 3 is 3.00 bits per heavy atom. The third-order valence-corrected chi connectivity index (χ3v) is 5.63. The molecule has 4 rings (SSSR count). The van der Waals surface area contributed by atoms with Gasteiger partial charge in [-0.2, -0.15) is 0 Å². The molecule has 0 spiro atoms. The lowest BCUT2D eigenvalue weighted by Gasteiger charge is -2.05. The molecule has 17 heavy (non-hydrogen) atoms. The molecule has 1 aromatic heterocycles. The Bertz CT molecular complexity index is 648. The lowest BCUT2D eigenvalue weighted by atomic mass is 10.0. The topological polar surface area (TPSA) is 26.3 Å². The molecular weight excluding hydrogens is 300 g/mol. The second-order valence-corrected chi connectivity index (χ2v) is 6.81. The van der Waals surface area contributed by atoms with Gasteiger partial charge in [0.15, 0.2) is 0 Å². The summed E-state index contributed by atoms with van der Waals surface area (Å²) < 4.78 is 7.53. The summed E-state index contributed by atoms with van der Waals surface area (Å²) in [6.07, 6.45) is 0.972. The summed E-state index contributed by atoms with van der Waals surface area (Å²) in [5, 5.41) is 1.25. The Morgan fingerprint density at radius 1 is 1.41 bits per heavy atom. The molecule has 4 heteroatoms. The molecule has 2 fully saturated rings. The maximum atomic E-state index is 11.4.